The average molecular weight is 399 g/mol. The van der Waals surface area contributed by atoms with Gasteiger partial charge in [-0.2, -0.15) is 0 Å². The van der Waals surface area contributed by atoms with Gasteiger partial charge in [0, 0.05) is 16.3 Å². The van der Waals surface area contributed by atoms with Crippen molar-refractivity contribution in [2.24, 2.45) is 0 Å². The molecule has 2 heterocycles. The van der Waals surface area contributed by atoms with Crippen LogP contribution in [0.25, 0.3) is 10.9 Å². The Labute approximate surface area is 135 Å². The van der Waals surface area contributed by atoms with Crippen molar-refractivity contribution in [3.8, 4) is 5.75 Å². The molecule has 0 atom stereocenters. The van der Waals surface area contributed by atoms with Crippen LogP contribution in [0.3, 0.4) is 0 Å². The fourth-order valence-corrected chi connectivity index (χ4v) is 3.12. The van der Waals surface area contributed by atoms with Crippen molar-refractivity contribution < 1.29 is 14.3 Å². The number of esters is 1. The van der Waals surface area contributed by atoms with Crippen LogP contribution in [0.4, 0.5) is 0 Å². The highest BCUT2D eigenvalue weighted by molar-refractivity contribution is 14.1. The van der Waals surface area contributed by atoms with Gasteiger partial charge < -0.3 is 14.0 Å². The smallest absolute Gasteiger partial charge is 0.343 e. The lowest BCUT2D eigenvalue weighted by Gasteiger charge is -2.12. The second-order valence-corrected chi connectivity index (χ2v) is 6.03. The molecule has 1 aliphatic heterocycles. The monoisotopic (exact) mass is 399 g/mol. The summed E-state index contributed by atoms with van der Waals surface area (Å²) in [5.74, 6) is 0.126. The molecule has 3 rings (SSSR count). The van der Waals surface area contributed by atoms with Gasteiger partial charge in [0.15, 0.2) is 0 Å². The van der Waals surface area contributed by atoms with Crippen molar-refractivity contribution in [1.29, 1.82) is 0 Å². The van der Waals surface area contributed by atoms with Crippen molar-refractivity contribution in [3.05, 3.63) is 37.7 Å². The average Bonchev–Trinajstić information content (AvgIpc) is 2.65. The third kappa shape index (κ3) is 2.52. The Morgan fingerprint density at radius 3 is 3.05 bits per heavy atom. The zero-order valence-corrected chi connectivity index (χ0v) is 13.7. The standard InChI is InChI=1S/C15H14INO4/c1-2-20-15(19)11-8-17-4-3-5-21-12-7-9(16)6-10(13(12)17)14(11)18/h6-8H,2-5H2,1H3. The van der Waals surface area contributed by atoms with Crippen LogP contribution in [-0.2, 0) is 11.3 Å². The number of rotatable bonds is 2. The van der Waals surface area contributed by atoms with Gasteiger partial charge in [0.2, 0.25) is 5.43 Å². The lowest BCUT2D eigenvalue weighted by molar-refractivity contribution is 0.0524. The molecule has 2 aromatic rings. The number of halogens is 1. The van der Waals surface area contributed by atoms with Crippen LogP contribution in [0.2, 0.25) is 0 Å². The Morgan fingerprint density at radius 1 is 1.48 bits per heavy atom. The Bertz CT molecular complexity index is 781. The second kappa shape index (κ2) is 5.67. The van der Waals surface area contributed by atoms with E-state index in [0.717, 1.165) is 15.5 Å². The molecule has 21 heavy (non-hydrogen) atoms. The maximum Gasteiger partial charge on any atom is 0.343 e. The number of hydrogen-bond acceptors (Lipinski definition) is 4. The molecule has 0 N–H and O–H groups in total. The molecular formula is C15H14INO4. The van der Waals surface area contributed by atoms with Crippen LogP contribution in [0.5, 0.6) is 5.75 Å². The highest BCUT2D eigenvalue weighted by Gasteiger charge is 2.20. The summed E-state index contributed by atoms with van der Waals surface area (Å²) in [5.41, 5.74) is 0.537. The van der Waals surface area contributed by atoms with E-state index in [9.17, 15) is 9.59 Å². The van der Waals surface area contributed by atoms with Crippen molar-refractivity contribution in [3.63, 3.8) is 0 Å². The number of ether oxygens (including phenoxy) is 2. The van der Waals surface area contributed by atoms with E-state index in [-0.39, 0.29) is 17.6 Å². The van der Waals surface area contributed by atoms with E-state index < -0.39 is 5.97 Å². The van der Waals surface area contributed by atoms with Gasteiger partial charge in [0.05, 0.1) is 24.1 Å². The van der Waals surface area contributed by atoms with Crippen molar-refractivity contribution in [1.82, 2.24) is 4.57 Å². The number of hydrogen-bond donors (Lipinski definition) is 0. The van der Waals surface area contributed by atoms with Crippen LogP contribution in [0, 0.1) is 3.57 Å². The molecule has 0 bridgehead atoms. The van der Waals surface area contributed by atoms with Crippen LogP contribution < -0.4 is 10.2 Å². The number of aromatic nitrogens is 1. The third-order valence-corrected chi connectivity index (χ3v) is 4.02. The summed E-state index contributed by atoms with van der Waals surface area (Å²) >= 11 is 2.14. The molecule has 6 heteroatoms. The van der Waals surface area contributed by atoms with Crippen LogP contribution in [-0.4, -0.2) is 23.8 Å². The minimum atomic E-state index is -0.571. The topological polar surface area (TPSA) is 57.5 Å². The van der Waals surface area contributed by atoms with Crippen molar-refractivity contribution in [2.75, 3.05) is 13.2 Å². The highest BCUT2D eigenvalue weighted by Crippen LogP contribution is 2.29. The predicted octanol–water partition coefficient (Wildman–Crippen LogP) is 2.57. The van der Waals surface area contributed by atoms with Gasteiger partial charge in [-0.25, -0.2) is 4.79 Å². The highest BCUT2D eigenvalue weighted by atomic mass is 127. The molecule has 0 fully saturated rings. The molecule has 0 unspecified atom stereocenters. The predicted molar refractivity (Wildman–Crippen MR) is 87.0 cm³/mol. The summed E-state index contributed by atoms with van der Waals surface area (Å²) in [6.07, 6.45) is 2.42. The molecule has 110 valence electrons. The van der Waals surface area contributed by atoms with Crippen LogP contribution >= 0.6 is 22.6 Å². The zero-order valence-electron chi connectivity index (χ0n) is 11.5. The first-order valence-electron chi connectivity index (χ1n) is 6.78. The second-order valence-electron chi connectivity index (χ2n) is 4.79. The molecule has 5 nitrogen and oxygen atoms in total. The van der Waals surface area contributed by atoms with E-state index in [1.165, 1.54) is 0 Å². The molecule has 0 aliphatic carbocycles. The molecule has 0 saturated carbocycles. The van der Waals surface area contributed by atoms with E-state index in [4.69, 9.17) is 9.47 Å². The van der Waals surface area contributed by atoms with E-state index in [1.807, 2.05) is 10.6 Å². The number of carbonyl (C=O) groups is 1. The van der Waals surface area contributed by atoms with E-state index in [2.05, 4.69) is 22.6 Å². The van der Waals surface area contributed by atoms with Crippen LogP contribution in [0.15, 0.2) is 23.1 Å². The maximum atomic E-state index is 12.6. The summed E-state index contributed by atoms with van der Waals surface area (Å²) in [6, 6.07) is 3.70. The quantitative estimate of drug-likeness (QED) is 0.576. The normalized spacial score (nSPS) is 13.6. The van der Waals surface area contributed by atoms with Crippen LogP contribution in [0.1, 0.15) is 23.7 Å². The van der Waals surface area contributed by atoms with E-state index in [0.29, 0.717) is 24.3 Å². The summed E-state index contributed by atoms with van der Waals surface area (Å²) in [6.45, 7) is 3.27. The number of nitrogens with zero attached hydrogens (tertiary/aromatic N) is 1. The molecule has 1 aromatic heterocycles. The Morgan fingerprint density at radius 2 is 2.29 bits per heavy atom. The summed E-state index contributed by atoms with van der Waals surface area (Å²) in [5, 5.41) is 0.504. The molecule has 1 aromatic carbocycles. The maximum absolute atomic E-state index is 12.6. The number of carbonyl (C=O) groups excluding carboxylic acids is 1. The first kappa shape index (κ1) is 14.4. The van der Waals surface area contributed by atoms with Gasteiger partial charge >= 0.3 is 5.97 Å². The van der Waals surface area contributed by atoms with Gasteiger partial charge in [0.1, 0.15) is 11.3 Å². The Hall–Kier alpha value is -1.57. The van der Waals surface area contributed by atoms with Gasteiger partial charge in [-0.3, -0.25) is 4.79 Å². The molecular weight excluding hydrogens is 385 g/mol. The molecule has 0 saturated heterocycles. The van der Waals surface area contributed by atoms with E-state index >= 15 is 0 Å². The Balaban J connectivity index is 2.34. The molecule has 0 amide bonds. The zero-order chi connectivity index (χ0) is 15.0. The van der Waals surface area contributed by atoms with Gasteiger partial charge in [-0.05, 0) is 48.1 Å². The van der Waals surface area contributed by atoms with Gasteiger partial charge in [0.25, 0.3) is 0 Å². The largest absolute Gasteiger partial charge is 0.491 e. The molecule has 0 spiro atoms. The summed E-state index contributed by atoms with van der Waals surface area (Å²) < 4.78 is 13.5. The Kier molecular flexibility index (Phi) is 3.88. The number of pyridine rings is 1. The van der Waals surface area contributed by atoms with Gasteiger partial charge in [-0.1, -0.05) is 0 Å². The third-order valence-electron chi connectivity index (χ3n) is 3.40. The minimum absolute atomic E-state index is 0.0826. The first-order valence-corrected chi connectivity index (χ1v) is 7.86. The van der Waals surface area contributed by atoms with Crippen molar-refractivity contribution in [2.45, 2.75) is 19.9 Å². The SMILES string of the molecule is CCOC(=O)c1cn2c3c(cc(I)cc3c1=O)OCCC2. The number of benzene rings is 1. The fraction of sp³-hybridized carbons (Fsp3) is 0.333. The fourth-order valence-electron chi connectivity index (χ4n) is 2.53. The lowest BCUT2D eigenvalue weighted by Crippen LogP contribution is -2.21. The summed E-state index contributed by atoms with van der Waals surface area (Å²) in [4.78, 5) is 24.6. The first-order chi connectivity index (χ1) is 10.1. The number of aryl methyl sites for hydroxylation is 1. The summed E-state index contributed by atoms with van der Waals surface area (Å²) in [7, 11) is 0. The molecule has 1 aliphatic rings. The minimum Gasteiger partial charge on any atom is -0.491 e. The molecule has 0 radical (unpaired) electrons. The van der Waals surface area contributed by atoms with Gasteiger partial charge in [-0.15, -0.1) is 0 Å². The van der Waals surface area contributed by atoms with Crippen molar-refractivity contribution >= 4 is 39.5 Å². The van der Waals surface area contributed by atoms with E-state index in [1.54, 1.807) is 19.2 Å². The lowest BCUT2D eigenvalue weighted by atomic mass is 10.1.